The molecule has 4 fully saturated rings. The third-order valence-electron chi connectivity index (χ3n) is 8.19. The van der Waals surface area contributed by atoms with Crippen LogP contribution in [0.2, 0.25) is 0 Å². The van der Waals surface area contributed by atoms with Crippen molar-refractivity contribution in [2.45, 2.75) is 64.9 Å². The van der Waals surface area contributed by atoms with E-state index in [4.69, 9.17) is 0 Å². The van der Waals surface area contributed by atoms with Gasteiger partial charge in [-0.3, -0.25) is 0 Å². The van der Waals surface area contributed by atoms with Crippen molar-refractivity contribution < 1.29 is 5.11 Å². The average Bonchev–Trinajstić information content (AvgIpc) is 2.74. The Labute approximate surface area is 123 Å². The number of nitrogens with one attached hydrogen (secondary N) is 1. The molecule has 0 spiro atoms. The maximum Gasteiger partial charge on any atom is 0.0596 e. The Morgan fingerprint density at radius 2 is 1.70 bits per heavy atom. The Morgan fingerprint density at radius 1 is 0.900 bits per heavy atom. The average molecular weight is 277 g/mol. The Kier molecular flexibility index (Phi) is 3.03. The van der Waals surface area contributed by atoms with Gasteiger partial charge < -0.3 is 10.4 Å². The molecular weight excluding hydrogens is 246 g/mol. The Bertz CT molecular complexity index is 397. The molecule has 7 atom stereocenters. The van der Waals surface area contributed by atoms with Crippen LogP contribution in [0.5, 0.6) is 0 Å². The third kappa shape index (κ3) is 1.64. The predicted octanol–water partition coefficient (Wildman–Crippen LogP) is 3.20. The second-order valence-electron chi connectivity index (χ2n) is 8.76. The summed E-state index contributed by atoms with van der Waals surface area (Å²) in [5.74, 6) is 3.57. The van der Waals surface area contributed by atoms with E-state index in [1.54, 1.807) is 0 Å². The van der Waals surface area contributed by atoms with Gasteiger partial charge in [0.15, 0.2) is 0 Å². The maximum absolute atomic E-state index is 10.5. The summed E-state index contributed by atoms with van der Waals surface area (Å²) in [6.45, 7) is 7.44. The van der Waals surface area contributed by atoms with E-state index in [-0.39, 0.29) is 11.5 Å². The highest BCUT2D eigenvalue weighted by Gasteiger charge is 2.59. The Hall–Kier alpha value is -0.0800. The zero-order valence-electron chi connectivity index (χ0n) is 13.2. The quantitative estimate of drug-likeness (QED) is 0.712. The molecule has 4 aliphatic rings. The second kappa shape index (κ2) is 4.46. The second-order valence-corrected chi connectivity index (χ2v) is 8.76. The van der Waals surface area contributed by atoms with Crippen LogP contribution in [0.25, 0.3) is 0 Å². The van der Waals surface area contributed by atoms with Gasteiger partial charge in [0.25, 0.3) is 0 Å². The van der Waals surface area contributed by atoms with Gasteiger partial charge >= 0.3 is 0 Å². The first-order valence-electron chi connectivity index (χ1n) is 8.94. The molecule has 1 saturated heterocycles. The van der Waals surface area contributed by atoms with Gasteiger partial charge in [-0.1, -0.05) is 13.8 Å². The highest BCUT2D eigenvalue weighted by molar-refractivity contribution is 5.09. The van der Waals surface area contributed by atoms with E-state index >= 15 is 0 Å². The number of hydrogen-bond acceptors (Lipinski definition) is 2. The van der Waals surface area contributed by atoms with E-state index in [0.29, 0.717) is 5.41 Å². The molecule has 0 amide bonds. The van der Waals surface area contributed by atoms with Crippen molar-refractivity contribution in [3.8, 4) is 0 Å². The van der Waals surface area contributed by atoms with Gasteiger partial charge in [0.1, 0.15) is 0 Å². The third-order valence-corrected chi connectivity index (χ3v) is 8.19. The SMILES string of the molecule is C[C@]12CNCC[C@@H]1CC[C@@H]1[C@@H]2CC[C@]2(C)[C@@H](O)CC[C@@H]12. The summed E-state index contributed by atoms with van der Waals surface area (Å²) in [6.07, 6.45) is 9.23. The number of hydrogen-bond donors (Lipinski definition) is 2. The molecule has 4 rings (SSSR count). The first-order valence-corrected chi connectivity index (χ1v) is 8.94. The standard InChI is InChI=1S/C18H31NO/c1-17-9-7-15-13(14(17)5-6-16(17)20)4-3-12-8-10-19-11-18(12,15)2/h12-16,19-20H,3-11H2,1-2H3/t12-,13-,14-,15-,16-,17-,18-/m0/s1. The normalized spacial score (nSPS) is 58.6. The highest BCUT2D eigenvalue weighted by atomic mass is 16.3. The predicted molar refractivity (Wildman–Crippen MR) is 81.4 cm³/mol. The largest absolute Gasteiger partial charge is 0.393 e. The topological polar surface area (TPSA) is 32.3 Å². The molecule has 0 aromatic heterocycles. The molecule has 20 heavy (non-hydrogen) atoms. The fourth-order valence-corrected chi connectivity index (χ4v) is 6.89. The molecule has 2 N–H and O–H groups in total. The van der Waals surface area contributed by atoms with Crippen LogP contribution in [-0.2, 0) is 0 Å². The lowest BCUT2D eigenvalue weighted by molar-refractivity contribution is -0.115. The smallest absolute Gasteiger partial charge is 0.0596 e. The van der Waals surface area contributed by atoms with Gasteiger partial charge in [-0.2, -0.15) is 0 Å². The van der Waals surface area contributed by atoms with E-state index in [1.807, 2.05) is 0 Å². The van der Waals surface area contributed by atoms with Crippen LogP contribution < -0.4 is 5.32 Å². The molecular formula is C18H31NO. The van der Waals surface area contributed by atoms with Gasteiger partial charge in [-0.05, 0) is 86.0 Å². The molecule has 114 valence electrons. The van der Waals surface area contributed by atoms with Crippen molar-refractivity contribution >= 4 is 0 Å². The monoisotopic (exact) mass is 277 g/mol. The van der Waals surface area contributed by atoms with Crippen LogP contribution in [0.4, 0.5) is 0 Å². The number of piperidine rings is 1. The molecule has 0 radical (unpaired) electrons. The van der Waals surface area contributed by atoms with Gasteiger partial charge in [0.2, 0.25) is 0 Å². The van der Waals surface area contributed by atoms with Crippen LogP contribution in [0, 0.1) is 34.5 Å². The lowest BCUT2D eigenvalue weighted by Crippen LogP contribution is -2.57. The van der Waals surface area contributed by atoms with Gasteiger partial charge in [-0.15, -0.1) is 0 Å². The summed E-state index contributed by atoms with van der Waals surface area (Å²) in [4.78, 5) is 0. The van der Waals surface area contributed by atoms with Crippen molar-refractivity contribution in [3.63, 3.8) is 0 Å². The first-order chi connectivity index (χ1) is 9.56. The summed E-state index contributed by atoms with van der Waals surface area (Å²) in [7, 11) is 0. The van der Waals surface area contributed by atoms with Crippen molar-refractivity contribution in [2.75, 3.05) is 13.1 Å². The Balaban J connectivity index is 1.64. The molecule has 2 nitrogen and oxygen atoms in total. The van der Waals surface area contributed by atoms with Gasteiger partial charge in [0.05, 0.1) is 6.10 Å². The van der Waals surface area contributed by atoms with Crippen molar-refractivity contribution in [3.05, 3.63) is 0 Å². The minimum Gasteiger partial charge on any atom is -0.393 e. The number of aliphatic hydroxyl groups excluding tert-OH is 1. The van der Waals surface area contributed by atoms with E-state index < -0.39 is 0 Å². The van der Waals surface area contributed by atoms with Gasteiger partial charge in [-0.25, -0.2) is 0 Å². The maximum atomic E-state index is 10.5. The first kappa shape index (κ1) is 13.6. The molecule has 3 aliphatic carbocycles. The molecule has 1 heterocycles. The summed E-state index contributed by atoms with van der Waals surface area (Å²) < 4.78 is 0. The number of fused-ring (bicyclic) bond motifs is 5. The van der Waals surface area contributed by atoms with Crippen LogP contribution in [0.15, 0.2) is 0 Å². The minimum absolute atomic E-state index is 0.0246. The summed E-state index contributed by atoms with van der Waals surface area (Å²) in [5.41, 5.74) is 0.780. The zero-order chi connectivity index (χ0) is 14.0. The molecule has 0 aromatic rings. The summed E-state index contributed by atoms with van der Waals surface area (Å²) >= 11 is 0. The number of rotatable bonds is 0. The molecule has 3 saturated carbocycles. The Morgan fingerprint density at radius 3 is 2.55 bits per heavy atom. The lowest BCUT2D eigenvalue weighted by atomic mass is 9.47. The zero-order valence-corrected chi connectivity index (χ0v) is 13.2. The summed E-state index contributed by atoms with van der Waals surface area (Å²) in [5, 5.41) is 14.1. The fourth-order valence-electron chi connectivity index (χ4n) is 6.89. The lowest BCUT2D eigenvalue weighted by Gasteiger charge is -2.60. The molecule has 0 bridgehead atoms. The van der Waals surface area contributed by atoms with E-state index in [2.05, 4.69) is 19.2 Å². The molecule has 1 aliphatic heterocycles. The van der Waals surface area contributed by atoms with Crippen LogP contribution >= 0.6 is 0 Å². The molecule has 0 unspecified atom stereocenters. The van der Waals surface area contributed by atoms with Crippen LogP contribution in [0.3, 0.4) is 0 Å². The van der Waals surface area contributed by atoms with E-state index in [0.717, 1.165) is 30.1 Å². The van der Waals surface area contributed by atoms with Crippen LogP contribution in [-0.4, -0.2) is 24.3 Å². The summed E-state index contributed by atoms with van der Waals surface area (Å²) in [6, 6.07) is 0. The van der Waals surface area contributed by atoms with Crippen LogP contribution in [0.1, 0.15) is 58.8 Å². The van der Waals surface area contributed by atoms with Crippen molar-refractivity contribution in [1.82, 2.24) is 5.32 Å². The van der Waals surface area contributed by atoms with Crippen molar-refractivity contribution in [2.24, 2.45) is 34.5 Å². The highest BCUT2D eigenvalue weighted by Crippen LogP contribution is 2.64. The van der Waals surface area contributed by atoms with E-state index in [1.165, 1.54) is 51.6 Å². The van der Waals surface area contributed by atoms with Crippen molar-refractivity contribution in [1.29, 1.82) is 0 Å². The van der Waals surface area contributed by atoms with Gasteiger partial charge in [0, 0.05) is 6.54 Å². The minimum atomic E-state index is -0.0246. The molecule has 2 heteroatoms. The fraction of sp³-hybridized carbons (Fsp3) is 1.00. The molecule has 0 aromatic carbocycles. The van der Waals surface area contributed by atoms with E-state index in [9.17, 15) is 5.11 Å². The number of aliphatic hydroxyl groups is 1.